The Morgan fingerprint density at radius 3 is 2.29 bits per heavy atom. The summed E-state index contributed by atoms with van der Waals surface area (Å²) in [6.07, 6.45) is 11.4. The summed E-state index contributed by atoms with van der Waals surface area (Å²) in [5.74, 6) is -2.61. The van der Waals surface area contributed by atoms with Crippen LogP contribution < -0.4 is 20.3 Å². The molecule has 0 bridgehead atoms. The lowest BCUT2D eigenvalue weighted by Crippen LogP contribution is -2.49. The van der Waals surface area contributed by atoms with Gasteiger partial charge in [-0.25, -0.2) is 23.7 Å². The summed E-state index contributed by atoms with van der Waals surface area (Å²) in [6.45, 7) is 3.93. The highest BCUT2D eigenvalue weighted by atomic mass is 32.2. The van der Waals surface area contributed by atoms with Gasteiger partial charge in [-0.1, -0.05) is 19.1 Å². The van der Waals surface area contributed by atoms with Gasteiger partial charge in [0.05, 0.1) is 11.3 Å². The number of aromatic nitrogens is 4. The van der Waals surface area contributed by atoms with Crippen molar-refractivity contribution in [2.75, 3.05) is 54.7 Å². The molecule has 2 aliphatic heterocycles. The van der Waals surface area contributed by atoms with Crippen LogP contribution >= 0.6 is 0 Å². The van der Waals surface area contributed by atoms with E-state index in [9.17, 15) is 27.6 Å². The third-order valence-corrected chi connectivity index (χ3v) is 13.9. The summed E-state index contributed by atoms with van der Waals surface area (Å²) in [5.41, 5.74) is 1.99. The second-order valence-corrected chi connectivity index (χ2v) is 18.1. The molecule has 4 N–H and O–H groups in total. The first-order chi connectivity index (χ1) is 30.3. The minimum Gasteiger partial charge on any atom is -0.374 e. The van der Waals surface area contributed by atoms with Gasteiger partial charge < -0.3 is 20.1 Å². The average molecular weight is 883 g/mol. The number of benzene rings is 2. The molecular formula is C44H48F2N10O6S. The van der Waals surface area contributed by atoms with E-state index in [1.807, 2.05) is 21.9 Å². The SMILES string of the molecule is CCN(C)S(=O)(=O)Nc1ccc(F)c(C(=O)c2c[nH]c3ncc(-c4cnc(N5CCN(C(=O)CC6CCC(c7ccc(NC8CCC(=O)NC8=O)cc7)CC6)CC5)nc4)cc23)c1F. The molecule has 330 valence electrons. The molecule has 0 radical (unpaired) electrons. The number of ketones is 1. The van der Waals surface area contributed by atoms with E-state index >= 15 is 8.78 Å². The first kappa shape index (κ1) is 43.3. The number of halogens is 2. The van der Waals surface area contributed by atoms with Crippen molar-refractivity contribution in [3.05, 3.63) is 95.6 Å². The van der Waals surface area contributed by atoms with Crippen LogP contribution in [0.1, 0.15) is 79.3 Å². The molecule has 3 aliphatic rings. The zero-order chi connectivity index (χ0) is 44.4. The van der Waals surface area contributed by atoms with E-state index in [-0.39, 0.29) is 29.8 Å². The highest BCUT2D eigenvalue weighted by Gasteiger charge is 2.30. The number of rotatable bonds is 13. The number of carbonyl (C=O) groups excluding carboxylic acids is 4. The van der Waals surface area contributed by atoms with Gasteiger partial charge in [0.2, 0.25) is 29.5 Å². The fourth-order valence-corrected chi connectivity index (χ4v) is 9.39. The Bertz CT molecular complexity index is 2650. The van der Waals surface area contributed by atoms with Gasteiger partial charge in [-0.3, -0.25) is 29.2 Å². The molecule has 3 aromatic heterocycles. The number of nitrogens with one attached hydrogen (secondary N) is 4. The zero-order valence-corrected chi connectivity index (χ0v) is 35.7. The van der Waals surface area contributed by atoms with E-state index in [2.05, 4.69) is 47.4 Å². The Balaban J connectivity index is 0.834. The van der Waals surface area contributed by atoms with Crippen molar-refractivity contribution in [1.82, 2.24) is 34.5 Å². The van der Waals surface area contributed by atoms with E-state index in [1.54, 1.807) is 31.6 Å². The van der Waals surface area contributed by atoms with E-state index in [1.165, 1.54) is 18.8 Å². The molecule has 2 aromatic carbocycles. The first-order valence-corrected chi connectivity index (χ1v) is 22.5. The molecule has 0 spiro atoms. The van der Waals surface area contributed by atoms with E-state index in [0.717, 1.165) is 47.8 Å². The number of hydrogen-bond donors (Lipinski definition) is 4. The molecule has 63 heavy (non-hydrogen) atoms. The predicted octanol–water partition coefficient (Wildman–Crippen LogP) is 5.37. The molecule has 1 atom stereocenters. The molecule has 16 nitrogen and oxygen atoms in total. The maximum absolute atomic E-state index is 15.6. The van der Waals surface area contributed by atoms with Crippen LogP contribution in [0.5, 0.6) is 0 Å². The Morgan fingerprint density at radius 2 is 1.60 bits per heavy atom. The van der Waals surface area contributed by atoms with E-state index in [0.29, 0.717) is 85.4 Å². The van der Waals surface area contributed by atoms with Crippen molar-refractivity contribution in [2.24, 2.45) is 5.92 Å². The number of piperidine rings is 1. The number of anilines is 3. The summed E-state index contributed by atoms with van der Waals surface area (Å²) in [6, 6.07) is 11.2. The lowest BCUT2D eigenvalue weighted by Gasteiger charge is -2.36. The second-order valence-electron chi connectivity index (χ2n) is 16.3. The number of amides is 3. The van der Waals surface area contributed by atoms with Crippen molar-refractivity contribution in [3.8, 4) is 11.1 Å². The number of hydrogen-bond acceptors (Lipinski definition) is 11. The van der Waals surface area contributed by atoms with Gasteiger partial charge in [0.25, 0.3) is 0 Å². The van der Waals surface area contributed by atoms with E-state index in [4.69, 9.17) is 0 Å². The fourth-order valence-electron chi connectivity index (χ4n) is 8.46. The molecule has 1 unspecified atom stereocenters. The Morgan fingerprint density at radius 1 is 0.905 bits per heavy atom. The van der Waals surface area contributed by atoms with Gasteiger partial charge in [-0.05, 0) is 79.8 Å². The Labute approximate surface area is 363 Å². The van der Waals surface area contributed by atoms with Gasteiger partial charge >= 0.3 is 10.2 Å². The lowest BCUT2D eigenvalue weighted by molar-refractivity contribution is -0.134. The molecule has 1 saturated carbocycles. The number of carbonyl (C=O) groups is 4. The minimum atomic E-state index is -4.15. The molecule has 2 saturated heterocycles. The summed E-state index contributed by atoms with van der Waals surface area (Å²) in [7, 11) is -2.86. The molecule has 19 heteroatoms. The first-order valence-electron chi connectivity index (χ1n) is 21.1. The quantitative estimate of drug-likeness (QED) is 0.0875. The topological polar surface area (TPSA) is 203 Å². The summed E-state index contributed by atoms with van der Waals surface area (Å²) in [5, 5.41) is 5.89. The predicted molar refractivity (Wildman–Crippen MR) is 232 cm³/mol. The summed E-state index contributed by atoms with van der Waals surface area (Å²) in [4.78, 5) is 71.0. The molecule has 8 rings (SSSR count). The van der Waals surface area contributed by atoms with Crippen molar-refractivity contribution < 1.29 is 36.4 Å². The highest BCUT2D eigenvalue weighted by Crippen LogP contribution is 2.38. The van der Waals surface area contributed by atoms with Crippen LogP contribution in [-0.2, 0) is 24.6 Å². The summed E-state index contributed by atoms with van der Waals surface area (Å²) >= 11 is 0. The largest absolute Gasteiger partial charge is 0.374 e. The maximum Gasteiger partial charge on any atom is 0.301 e. The number of pyridine rings is 1. The van der Waals surface area contributed by atoms with Crippen molar-refractivity contribution in [2.45, 2.75) is 63.8 Å². The monoisotopic (exact) mass is 882 g/mol. The van der Waals surface area contributed by atoms with Crippen LogP contribution in [-0.4, -0.2) is 107 Å². The van der Waals surface area contributed by atoms with Crippen molar-refractivity contribution in [3.63, 3.8) is 0 Å². The van der Waals surface area contributed by atoms with Crippen LogP contribution in [0.25, 0.3) is 22.2 Å². The lowest BCUT2D eigenvalue weighted by atomic mass is 9.77. The average Bonchev–Trinajstić information content (AvgIpc) is 3.72. The highest BCUT2D eigenvalue weighted by molar-refractivity contribution is 7.90. The summed E-state index contributed by atoms with van der Waals surface area (Å²) < 4.78 is 58.7. The number of imide groups is 1. The number of H-pyrrole nitrogens is 1. The van der Waals surface area contributed by atoms with Gasteiger partial charge in [0.15, 0.2) is 5.82 Å². The molecular weight excluding hydrogens is 835 g/mol. The normalized spacial score (nSPS) is 19.6. The molecule has 5 aromatic rings. The third kappa shape index (κ3) is 9.39. The van der Waals surface area contributed by atoms with Crippen molar-refractivity contribution in [1.29, 1.82) is 0 Å². The van der Waals surface area contributed by atoms with Crippen LogP contribution in [0.4, 0.5) is 26.1 Å². The van der Waals surface area contributed by atoms with Gasteiger partial charge in [-0.15, -0.1) is 0 Å². The standard InChI is InChI=1S/C44H48F2N10O6S/c1-3-54(2)63(61,62)53-35-13-12-34(45)39(40(35)46)41(59)33-25-48-42-32(33)21-29(22-47-42)30-23-49-44(50-24-30)56-18-16-55(17-19-56)38(58)20-26-4-6-27(7-5-26)28-8-10-31(11-9-28)51-36-14-15-37(57)52-43(36)60/h8-13,21-27,36,51,53H,3-7,14-20H2,1-2H3,(H,47,48)(H,52,57,60). The second kappa shape index (κ2) is 18.2. The third-order valence-electron chi connectivity index (χ3n) is 12.3. The number of piperazine rings is 1. The van der Waals surface area contributed by atoms with Gasteiger partial charge in [0.1, 0.15) is 17.5 Å². The van der Waals surface area contributed by atoms with Crippen molar-refractivity contribution >= 4 is 62.1 Å². The van der Waals surface area contributed by atoms with E-state index < -0.39 is 44.9 Å². The van der Waals surface area contributed by atoms with Crippen LogP contribution in [0, 0.1) is 17.6 Å². The van der Waals surface area contributed by atoms with Gasteiger partial charge in [0, 0.05) is 105 Å². The Kier molecular flexibility index (Phi) is 12.5. The molecule has 3 amide bonds. The minimum absolute atomic E-state index is 0.0642. The number of nitrogens with zero attached hydrogens (tertiary/aromatic N) is 6. The van der Waals surface area contributed by atoms with Crippen LogP contribution in [0.2, 0.25) is 0 Å². The fraction of sp³-hybridized carbons (Fsp3) is 0.386. The zero-order valence-electron chi connectivity index (χ0n) is 34.9. The molecule has 3 fully saturated rings. The van der Waals surface area contributed by atoms with Gasteiger partial charge in [-0.2, -0.15) is 12.7 Å². The molecule has 1 aliphatic carbocycles. The van der Waals surface area contributed by atoms with Crippen LogP contribution in [0.15, 0.2) is 67.3 Å². The number of aromatic amines is 1. The maximum atomic E-state index is 15.6. The number of fused-ring (bicyclic) bond motifs is 1. The Hall–Kier alpha value is -6.34. The smallest absolute Gasteiger partial charge is 0.301 e. The molecule has 5 heterocycles. The van der Waals surface area contributed by atoms with Crippen LogP contribution in [0.3, 0.4) is 0 Å².